The minimum atomic E-state index is -0.230. The summed E-state index contributed by atoms with van der Waals surface area (Å²) in [5, 5.41) is 0. The van der Waals surface area contributed by atoms with Crippen molar-refractivity contribution in [1.29, 1.82) is 0 Å². The Bertz CT molecular complexity index is 208. The van der Waals surface area contributed by atoms with E-state index >= 15 is 0 Å². The zero-order valence-corrected chi connectivity index (χ0v) is 8.64. The van der Waals surface area contributed by atoms with Crippen LogP contribution in [0.3, 0.4) is 0 Å². The number of rotatable bonds is 1. The van der Waals surface area contributed by atoms with Crippen molar-refractivity contribution in [2.24, 2.45) is 5.92 Å². The van der Waals surface area contributed by atoms with Crippen LogP contribution in [-0.2, 0) is 9.59 Å². The third-order valence-electron chi connectivity index (χ3n) is 2.59. The van der Waals surface area contributed by atoms with E-state index in [1.807, 2.05) is 0 Å². The van der Waals surface area contributed by atoms with Gasteiger partial charge in [0.1, 0.15) is 0 Å². The van der Waals surface area contributed by atoms with Crippen LogP contribution in [0.5, 0.6) is 0 Å². The molecule has 1 saturated carbocycles. The van der Waals surface area contributed by atoms with Crippen LogP contribution in [0.2, 0.25) is 0 Å². The molecular weight excluding hydrogens is 180 g/mol. The first kappa shape index (κ1) is 11.0. The van der Waals surface area contributed by atoms with E-state index in [-0.39, 0.29) is 17.7 Å². The highest BCUT2D eigenvalue weighted by molar-refractivity contribution is 5.82. The predicted octanol–water partition coefficient (Wildman–Crippen LogP) is 1.12. The van der Waals surface area contributed by atoms with Crippen LogP contribution in [0.15, 0.2) is 0 Å². The van der Waals surface area contributed by atoms with E-state index in [9.17, 15) is 9.59 Å². The van der Waals surface area contributed by atoms with E-state index < -0.39 is 0 Å². The van der Waals surface area contributed by atoms with Gasteiger partial charge in [0.2, 0.25) is 11.8 Å². The fourth-order valence-electron chi connectivity index (χ4n) is 1.79. The van der Waals surface area contributed by atoms with Gasteiger partial charge < -0.3 is 0 Å². The van der Waals surface area contributed by atoms with E-state index in [1.165, 1.54) is 19.8 Å². The summed E-state index contributed by atoms with van der Waals surface area (Å²) in [6.07, 6.45) is 6.60. The molecule has 0 unspecified atom stereocenters. The molecule has 80 valence electrons. The van der Waals surface area contributed by atoms with Crippen molar-refractivity contribution in [2.45, 2.75) is 45.4 Å². The quantitative estimate of drug-likeness (QED) is 0.490. The van der Waals surface area contributed by atoms with Crippen LogP contribution in [0.4, 0.5) is 0 Å². The summed E-state index contributed by atoms with van der Waals surface area (Å²) in [5.74, 6) is -0.182. The zero-order valence-electron chi connectivity index (χ0n) is 8.64. The van der Waals surface area contributed by atoms with Gasteiger partial charge in [-0.05, 0) is 12.8 Å². The Morgan fingerprint density at radius 2 is 1.57 bits per heavy atom. The maximum absolute atomic E-state index is 11.5. The van der Waals surface area contributed by atoms with E-state index in [0.29, 0.717) is 0 Å². The molecule has 1 aliphatic rings. The van der Waals surface area contributed by atoms with Gasteiger partial charge in [-0.25, -0.2) is 0 Å². The molecule has 0 aromatic rings. The highest BCUT2D eigenvalue weighted by atomic mass is 16.2. The van der Waals surface area contributed by atoms with Gasteiger partial charge in [-0.3, -0.25) is 20.4 Å². The van der Waals surface area contributed by atoms with Gasteiger partial charge in [-0.1, -0.05) is 25.7 Å². The summed E-state index contributed by atoms with van der Waals surface area (Å²) in [4.78, 5) is 22.1. The van der Waals surface area contributed by atoms with Gasteiger partial charge in [0.05, 0.1) is 0 Å². The minimum Gasteiger partial charge on any atom is -0.274 e. The summed E-state index contributed by atoms with van der Waals surface area (Å²) < 4.78 is 0. The van der Waals surface area contributed by atoms with E-state index in [2.05, 4.69) is 10.9 Å². The largest absolute Gasteiger partial charge is 0.274 e. The van der Waals surface area contributed by atoms with Crippen LogP contribution in [0.25, 0.3) is 0 Å². The van der Waals surface area contributed by atoms with Gasteiger partial charge in [0, 0.05) is 12.8 Å². The van der Waals surface area contributed by atoms with Crippen LogP contribution >= 0.6 is 0 Å². The van der Waals surface area contributed by atoms with Gasteiger partial charge in [0.15, 0.2) is 0 Å². The second-order valence-corrected chi connectivity index (χ2v) is 3.86. The highest BCUT2D eigenvalue weighted by Crippen LogP contribution is 2.22. The maximum atomic E-state index is 11.5. The lowest BCUT2D eigenvalue weighted by Gasteiger charge is -2.13. The molecule has 0 radical (unpaired) electrons. The molecule has 2 N–H and O–H groups in total. The lowest BCUT2D eigenvalue weighted by atomic mass is 10.00. The Morgan fingerprint density at radius 3 is 2.07 bits per heavy atom. The molecule has 0 saturated heterocycles. The number of hydrazine groups is 1. The molecule has 4 heteroatoms. The van der Waals surface area contributed by atoms with E-state index in [0.717, 1.165) is 25.7 Å². The number of amides is 2. The summed E-state index contributed by atoms with van der Waals surface area (Å²) in [5.41, 5.74) is 4.77. The Hall–Kier alpha value is -1.06. The first-order chi connectivity index (χ1) is 6.70. The number of nitrogens with one attached hydrogen (secondary N) is 2. The number of hydrogen-bond donors (Lipinski definition) is 2. The van der Waals surface area contributed by atoms with Crippen molar-refractivity contribution in [3.05, 3.63) is 0 Å². The van der Waals surface area contributed by atoms with Gasteiger partial charge >= 0.3 is 0 Å². The third-order valence-corrected chi connectivity index (χ3v) is 2.59. The molecule has 0 atom stereocenters. The van der Waals surface area contributed by atoms with Gasteiger partial charge in [-0.2, -0.15) is 0 Å². The molecule has 0 aromatic heterocycles. The molecule has 1 rings (SSSR count). The van der Waals surface area contributed by atoms with Crippen molar-refractivity contribution in [2.75, 3.05) is 0 Å². The molecule has 0 aromatic carbocycles. The Balaban J connectivity index is 2.30. The second-order valence-electron chi connectivity index (χ2n) is 3.86. The molecule has 4 nitrogen and oxygen atoms in total. The fraction of sp³-hybridized carbons (Fsp3) is 0.800. The summed E-state index contributed by atoms with van der Waals surface area (Å²) in [6.45, 7) is 1.38. The van der Waals surface area contributed by atoms with Crippen LogP contribution in [-0.4, -0.2) is 11.8 Å². The Morgan fingerprint density at radius 1 is 1.00 bits per heavy atom. The lowest BCUT2D eigenvalue weighted by molar-refractivity contribution is -0.130. The molecular formula is C10H18N2O2. The van der Waals surface area contributed by atoms with Crippen molar-refractivity contribution < 1.29 is 9.59 Å². The van der Waals surface area contributed by atoms with Crippen molar-refractivity contribution >= 4 is 11.8 Å². The first-order valence-corrected chi connectivity index (χ1v) is 5.26. The average Bonchev–Trinajstić information content (AvgIpc) is 2.42. The topological polar surface area (TPSA) is 58.2 Å². The van der Waals surface area contributed by atoms with Crippen molar-refractivity contribution in [1.82, 2.24) is 10.9 Å². The maximum Gasteiger partial charge on any atom is 0.241 e. The van der Waals surface area contributed by atoms with Crippen molar-refractivity contribution in [3.63, 3.8) is 0 Å². The standard InChI is InChI=1S/C10H18N2O2/c1-8(13)11-12-10(14)9-6-4-2-3-5-7-9/h9H,2-7H2,1H3,(H,11,13)(H,12,14). The van der Waals surface area contributed by atoms with Gasteiger partial charge in [0.25, 0.3) is 0 Å². The molecule has 14 heavy (non-hydrogen) atoms. The fourth-order valence-corrected chi connectivity index (χ4v) is 1.79. The summed E-state index contributed by atoms with van der Waals surface area (Å²) in [7, 11) is 0. The number of carbonyl (C=O) groups is 2. The predicted molar refractivity (Wildman–Crippen MR) is 53.2 cm³/mol. The second kappa shape index (κ2) is 5.62. The Kier molecular flexibility index (Phi) is 4.43. The van der Waals surface area contributed by atoms with Crippen LogP contribution in [0, 0.1) is 5.92 Å². The highest BCUT2D eigenvalue weighted by Gasteiger charge is 2.19. The molecule has 0 aliphatic heterocycles. The third kappa shape index (κ3) is 3.77. The van der Waals surface area contributed by atoms with Crippen LogP contribution < -0.4 is 10.9 Å². The molecule has 1 aliphatic carbocycles. The van der Waals surface area contributed by atoms with Crippen molar-refractivity contribution in [3.8, 4) is 0 Å². The minimum absolute atomic E-state index is 0.0397. The van der Waals surface area contributed by atoms with Gasteiger partial charge in [-0.15, -0.1) is 0 Å². The smallest absolute Gasteiger partial charge is 0.241 e. The normalized spacial score (nSPS) is 18.4. The molecule has 1 fully saturated rings. The van der Waals surface area contributed by atoms with E-state index in [4.69, 9.17) is 0 Å². The SMILES string of the molecule is CC(=O)NNC(=O)C1CCCCCC1. The zero-order chi connectivity index (χ0) is 10.4. The van der Waals surface area contributed by atoms with E-state index in [1.54, 1.807) is 0 Å². The molecule has 0 spiro atoms. The van der Waals surface area contributed by atoms with Crippen LogP contribution in [0.1, 0.15) is 45.4 Å². The monoisotopic (exact) mass is 198 g/mol. The number of hydrogen-bond acceptors (Lipinski definition) is 2. The molecule has 0 heterocycles. The summed E-state index contributed by atoms with van der Waals surface area (Å²) in [6, 6.07) is 0. The summed E-state index contributed by atoms with van der Waals surface area (Å²) >= 11 is 0. The molecule has 2 amide bonds. The lowest BCUT2D eigenvalue weighted by Crippen LogP contribution is -2.43. The Labute approximate surface area is 84.4 Å². The average molecular weight is 198 g/mol. The number of carbonyl (C=O) groups excluding carboxylic acids is 2. The first-order valence-electron chi connectivity index (χ1n) is 5.26. The molecule has 0 bridgehead atoms.